The van der Waals surface area contributed by atoms with Gasteiger partial charge in [0.15, 0.2) is 5.78 Å². The van der Waals surface area contributed by atoms with Crippen LogP contribution in [0.15, 0.2) is 84.9 Å². The van der Waals surface area contributed by atoms with Gasteiger partial charge in [0.05, 0.1) is 0 Å². The van der Waals surface area contributed by atoms with Gasteiger partial charge in [0.2, 0.25) is 0 Å². The van der Waals surface area contributed by atoms with Crippen LogP contribution >= 0.6 is 0 Å². The first-order valence-corrected chi connectivity index (χ1v) is 10.3. The Morgan fingerprint density at radius 3 is 2.07 bits per heavy atom. The number of benzene rings is 4. The number of fused-ring (bicyclic) bond motifs is 1. The topological polar surface area (TPSA) is 32.3 Å². The summed E-state index contributed by atoms with van der Waals surface area (Å²) < 4.78 is 0. The summed E-state index contributed by atoms with van der Waals surface area (Å²) in [6, 6.07) is 28.3. The third-order valence-electron chi connectivity index (χ3n) is 5.45. The van der Waals surface area contributed by atoms with Gasteiger partial charge in [-0.05, 0) is 61.7 Å². The van der Waals surface area contributed by atoms with Crippen LogP contribution in [0, 0.1) is 6.92 Å². The largest absolute Gasteiger partial charge is 0.385 e. The van der Waals surface area contributed by atoms with E-state index in [0.717, 1.165) is 39.9 Å². The van der Waals surface area contributed by atoms with Gasteiger partial charge in [-0.15, -0.1) is 0 Å². The van der Waals surface area contributed by atoms with Crippen LogP contribution in [-0.4, -0.2) is 19.4 Å². The maximum absolute atomic E-state index is 13.4. The minimum atomic E-state index is 0.0375. The summed E-state index contributed by atoms with van der Waals surface area (Å²) in [4.78, 5) is 15.5. The lowest BCUT2D eigenvalue weighted by molar-refractivity contribution is 0.104. The average Bonchev–Trinajstić information content (AvgIpc) is 2.79. The van der Waals surface area contributed by atoms with Crippen molar-refractivity contribution in [3.05, 3.63) is 102 Å². The third-order valence-corrected chi connectivity index (χ3v) is 5.45. The lowest BCUT2D eigenvalue weighted by Crippen LogP contribution is -2.10. The number of aryl methyl sites for hydroxylation is 1. The Balaban J connectivity index is 1.67. The molecule has 4 aromatic carbocycles. The first kappa shape index (κ1) is 19.7. The molecular weight excluding hydrogens is 368 g/mol. The molecule has 3 nitrogen and oxygen atoms in total. The average molecular weight is 395 g/mol. The molecule has 0 aromatic heterocycles. The zero-order chi connectivity index (χ0) is 21.1. The first-order valence-electron chi connectivity index (χ1n) is 10.3. The van der Waals surface area contributed by atoms with Crippen molar-refractivity contribution >= 4 is 33.6 Å². The van der Waals surface area contributed by atoms with Crippen molar-refractivity contribution in [1.29, 1.82) is 0 Å². The summed E-state index contributed by atoms with van der Waals surface area (Å²) in [5.74, 6) is 0.0375. The first-order chi connectivity index (χ1) is 14.6. The summed E-state index contributed by atoms with van der Waals surface area (Å²) >= 11 is 0. The Bertz CT molecular complexity index is 1170. The van der Waals surface area contributed by atoms with Crippen LogP contribution < -0.4 is 10.2 Å². The van der Waals surface area contributed by atoms with E-state index in [2.05, 4.69) is 48.3 Å². The Labute approximate surface area is 178 Å². The Morgan fingerprint density at radius 1 is 0.833 bits per heavy atom. The van der Waals surface area contributed by atoms with Gasteiger partial charge in [-0.25, -0.2) is 0 Å². The predicted molar refractivity (Wildman–Crippen MR) is 127 cm³/mol. The van der Waals surface area contributed by atoms with Crippen molar-refractivity contribution in [1.82, 2.24) is 0 Å². The number of rotatable bonds is 6. The summed E-state index contributed by atoms with van der Waals surface area (Å²) in [6.07, 6.45) is 0. The number of carbonyl (C=O) groups excluding carboxylic acids is 1. The van der Waals surface area contributed by atoms with E-state index in [1.54, 1.807) is 0 Å². The van der Waals surface area contributed by atoms with Crippen LogP contribution in [0.4, 0.5) is 17.1 Å². The second-order valence-corrected chi connectivity index (χ2v) is 7.51. The van der Waals surface area contributed by atoms with Gasteiger partial charge in [0.1, 0.15) is 0 Å². The fraction of sp³-hybridized carbons (Fsp3) is 0.148. The predicted octanol–water partition coefficient (Wildman–Crippen LogP) is 6.58. The van der Waals surface area contributed by atoms with E-state index in [4.69, 9.17) is 0 Å². The zero-order valence-corrected chi connectivity index (χ0v) is 17.6. The minimum absolute atomic E-state index is 0.0375. The van der Waals surface area contributed by atoms with Crippen molar-refractivity contribution in [3.63, 3.8) is 0 Å². The molecule has 0 radical (unpaired) electrons. The monoisotopic (exact) mass is 394 g/mol. The van der Waals surface area contributed by atoms with Crippen molar-refractivity contribution in [3.8, 4) is 0 Å². The van der Waals surface area contributed by atoms with Gasteiger partial charge in [0.25, 0.3) is 0 Å². The van der Waals surface area contributed by atoms with Crippen molar-refractivity contribution in [2.45, 2.75) is 13.8 Å². The van der Waals surface area contributed by atoms with E-state index in [1.807, 2.05) is 67.7 Å². The Kier molecular flexibility index (Phi) is 5.53. The highest BCUT2D eigenvalue weighted by atomic mass is 16.1. The molecule has 0 fully saturated rings. The molecule has 150 valence electrons. The number of hydrogen-bond donors (Lipinski definition) is 1. The molecule has 0 saturated carbocycles. The second kappa shape index (κ2) is 8.42. The molecule has 0 spiro atoms. The van der Waals surface area contributed by atoms with E-state index in [-0.39, 0.29) is 5.78 Å². The van der Waals surface area contributed by atoms with Crippen LogP contribution in [0.1, 0.15) is 28.4 Å². The zero-order valence-electron chi connectivity index (χ0n) is 17.6. The SMILES string of the molecule is CCNc1cccc2cccc(C(=O)c3ccc(N(C)c4ccc(C)cc4)cc3)c12. The molecule has 0 bridgehead atoms. The summed E-state index contributed by atoms with van der Waals surface area (Å²) in [5.41, 5.74) is 5.80. The van der Waals surface area contributed by atoms with Crippen molar-refractivity contribution in [2.24, 2.45) is 0 Å². The fourth-order valence-electron chi connectivity index (χ4n) is 3.78. The normalized spacial score (nSPS) is 10.8. The molecule has 30 heavy (non-hydrogen) atoms. The van der Waals surface area contributed by atoms with Crippen molar-refractivity contribution < 1.29 is 4.79 Å². The van der Waals surface area contributed by atoms with Crippen LogP contribution in [0.25, 0.3) is 10.8 Å². The van der Waals surface area contributed by atoms with Crippen LogP contribution in [-0.2, 0) is 0 Å². The summed E-state index contributed by atoms with van der Waals surface area (Å²) in [7, 11) is 2.04. The highest BCUT2D eigenvalue weighted by Crippen LogP contribution is 2.30. The number of carbonyl (C=O) groups is 1. The summed E-state index contributed by atoms with van der Waals surface area (Å²) in [6.45, 7) is 4.95. The molecule has 0 atom stereocenters. The van der Waals surface area contributed by atoms with Gasteiger partial charge in [-0.2, -0.15) is 0 Å². The molecule has 3 heteroatoms. The maximum Gasteiger partial charge on any atom is 0.193 e. The fourth-order valence-corrected chi connectivity index (χ4v) is 3.78. The maximum atomic E-state index is 13.4. The van der Waals surface area contributed by atoms with Crippen LogP contribution in [0.2, 0.25) is 0 Å². The van der Waals surface area contributed by atoms with E-state index >= 15 is 0 Å². The molecule has 0 amide bonds. The second-order valence-electron chi connectivity index (χ2n) is 7.51. The number of nitrogens with one attached hydrogen (secondary N) is 1. The Hall–Kier alpha value is -3.59. The third kappa shape index (κ3) is 3.79. The van der Waals surface area contributed by atoms with Gasteiger partial charge >= 0.3 is 0 Å². The molecule has 0 unspecified atom stereocenters. The molecule has 0 heterocycles. The minimum Gasteiger partial charge on any atom is -0.385 e. The van der Waals surface area contributed by atoms with E-state index < -0.39 is 0 Å². The molecule has 4 aromatic rings. The van der Waals surface area contributed by atoms with Crippen LogP contribution in [0.5, 0.6) is 0 Å². The standard InChI is InChI=1S/C27H26N2O/c1-4-28-25-10-6-8-20-7-5-9-24(26(20)25)27(30)21-13-17-23(18-14-21)29(3)22-15-11-19(2)12-16-22/h5-18,28H,4H2,1-3H3. The number of hydrogen-bond acceptors (Lipinski definition) is 3. The number of ketones is 1. The molecule has 0 saturated heterocycles. The smallest absolute Gasteiger partial charge is 0.193 e. The molecular formula is C27H26N2O. The van der Waals surface area contributed by atoms with Gasteiger partial charge in [-0.3, -0.25) is 4.79 Å². The molecule has 1 N–H and O–H groups in total. The Morgan fingerprint density at radius 2 is 1.43 bits per heavy atom. The van der Waals surface area contributed by atoms with E-state index in [1.165, 1.54) is 5.56 Å². The molecule has 4 rings (SSSR count). The van der Waals surface area contributed by atoms with Crippen LogP contribution in [0.3, 0.4) is 0 Å². The quantitative estimate of drug-likeness (QED) is 0.375. The van der Waals surface area contributed by atoms with Gasteiger partial charge < -0.3 is 10.2 Å². The van der Waals surface area contributed by atoms with Gasteiger partial charge in [0, 0.05) is 47.2 Å². The van der Waals surface area contributed by atoms with Gasteiger partial charge in [-0.1, -0.05) is 48.0 Å². The number of anilines is 3. The van der Waals surface area contributed by atoms with Crippen molar-refractivity contribution in [2.75, 3.05) is 23.8 Å². The molecule has 0 aliphatic heterocycles. The lowest BCUT2D eigenvalue weighted by atomic mass is 9.96. The van der Waals surface area contributed by atoms with E-state index in [9.17, 15) is 4.79 Å². The lowest BCUT2D eigenvalue weighted by Gasteiger charge is -2.20. The summed E-state index contributed by atoms with van der Waals surface area (Å²) in [5, 5.41) is 5.43. The highest BCUT2D eigenvalue weighted by molar-refractivity contribution is 6.19. The number of nitrogens with zero attached hydrogens (tertiary/aromatic N) is 1. The highest BCUT2D eigenvalue weighted by Gasteiger charge is 2.15. The van der Waals surface area contributed by atoms with E-state index in [0.29, 0.717) is 5.56 Å². The molecule has 0 aliphatic rings. The molecule has 0 aliphatic carbocycles.